The van der Waals surface area contributed by atoms with E-state index in [1.54, 1.807) is 16.5 Å². The molecule has 2 aromatic carbocycles. The highest BCUT2D eigenvalue weighted by atomic mass is 16.5. The summed E-state index contributed by atoms with van der Waals surface area (Å²) in [5.41, 5.74) is 3.61. The number of hydrogen-bond acceptors (Lipinski definition) is 8. The maximum Gasteiger partial charge on any atom is 0.252 e. The third-order valence-electron chi connectivity index (χ3n) is 8.15. The quantitative estimate of drug-likeness (QED) is 0.366. The van der Waals surface area contributed by atoms with Gasteiger partial charge in [-0.25, -0.2) is 9.50 Å². The number of hydrogen-bond donors (Lipinski definition) is 1. The molecule has 0 radical (unpaired) electrons. The van der Waals surface area contributed by atoms with Crippen LogP contribution in [0.4, 0.5) is 0 Å². The molecule has 1 fully saturated rings. The Kier molecular flexibility index (Phi) is 8.74. The number of nitrogens with zero attached hydrogens (tertiary/aromatic N) is 6. The number of nitrogens with one attached hydrogen (secondary N) is 1. The van der Waals surface area contributed by atoms with Crippen molar-refractivity contribution >= 4 is 23.5 Å². The molecule has 4 heterocycles. The first kappa shape index (κ1) is 30.2. The molecule has 2 atom stereocenters. The first-order valence-electron chi connectivity index (χ1n) is 15.2. The minimum Gasteiger partial charge on any atom is -0.457 e. The molecule has 2 aromatic heterocycles. The summed E-state index contributed by atoms with van der Waals surface area (Å²) in [5, 5.41) is 7.53. The Morgan fingerprint density at radius 1 is 1.00 bits per heavy atom. The van der Waals surface area contributed by atoms with Crippen molar-refractivity contribution in [1.29, 1.82) is 0 Å². The predicted octanol–water partition coefficient (Wildman–Crippen LogP) is 2.78. The maximum atomic E-state index is 13.4. The summed E-state index contributed by atoms with van der Waals surface area (Å²) in [6.07, 6.45) is 0.967. The van der Waals surface area contributed by atoms with Gasteiger partial charge in [0.25, 0.3) is 5.78 Å². The molecule has 2 aliphatic heterocycles. The Morgan fingerprint density at radius 3 is 2.56 bits per heavy atom. The number of fused-ring (bicyclic) bond motifs is 6. The van der Waals surface area contributed by atoms with Crippen molar-refractivity contribution in [1.82, 2.24) is 34.7 Å². The van der Waals surface area contributed by atoms with Crippen molar-refractivity contribution in [2.45, 2.75) is 58.3 Å². The van der Waals surface area contributed by atoms with Crippen LogP contribution in [0.1, 0.15) is 41.2 Å². The van der Waals surface area contributed by atoms with Crippen molar-refractivity contribution in [3.8, 4) is 11.5 Å². The lowest BCUT2D eigenvalue weighted by Crippen LogP contribution is -2.58. The topological polar surface area (TPSA) is 131 Å². The second-order valence-corrected chi connectivity index (χ2v) is 11.8. The molecule has 45 heavy (non-hydrogen) atoms. The van der Waals surface area contributed by atoms with E-state index < -0.39 is 6.04 Å². The Bertz CT molecular complexity index is 1740. The van der Waals surface area contributed by atoms with Crippen LogP contribution in [0.5, 0.6) is 11.5 Å². The lowest BCUT2D eigenvalue weighted by Gasteiger charge is -2.39. The van der Waals surface area contributed by atoms with E-state index in [1.165, 1.54) is 4.90 Å². The third-order valence-corrected chi connectivity index (χ3v) is 8.15. The van der Waals surface area contributed by atoms with Gasteiger partial charge in [0.05, 0.1) is 31.7 Å². The van der Waals surface area contributed by atoms with E-state index >= 15 is 0 Å². The minimum absolute atomic E-state index is 0.0140. The van der Waals surface area contributed by atoms with E-state index in [-0.39, 0.29) is 49.8 Å². The van der Waals surface area contributed by atoms with Crippen molar-refractivity contribution in [3.05, 3.63) is 82.9 Å². The van der Waals surface area contributed by atoms with Gasteiger partial charge in [-0.05, 0) is 68.1 Å². The van der Waals surface area contributed by atoms with E-state index in [0.29, 0.717) is 49.1 Å². The predicted molar refractivity (Wildman–Crippen MR) is 165 cm³/mol. The van der Waals surface area contributed by atoms with E-state index in [0.717, 1.165) is 22.5 Å². The first-order valence-corrected chi connectivity index (χ1v) is 15.2. The molecule has 3 amide bonds. The number of aromatic nitrogens is 4. The second kappa shape index (κ2) is 13.0. The Hall–Kier alpha value is -4.84. The third kappa shape index (κ3) is 7.28. The summed E-state index contributed by atoms with van der Waals surface area (Å²) in [7, 11) is 1.62. The van der Waals surface area contributed by atoms with Gasteiger partial charge >= 0.3 is 0 Å². The summed E-state index contributed by atoms with van der Waals surface area (Å²) in [4.78, 5) is 51.5. The molecule has 4 aromatic rings. The molecule has 0 aliphatic carbocycles. The molecule has 2 aliphatic rings. The van der Waals surface area contributed by atoms with Crippen LogP contribution in [-0.2, 0) is 38.6 Å². The highest BCUT2D eigenvalue weighted by Crippen LogP contribution is 2.25. The summed E-state index contributed by atoms with van der Waals surface area (Å²) in [6, 6.07) is 16.8. The smallest absolute Gasteiger partial charge is 0.252 e. The van der Waals surface area contributed by atoms with Crippen molar-refractivity contribution < 1.29 is 23.9 Å². The van der Waals surface area contributed by atoms with E-state index in [1.807, 2.05) is 68.4 Å². The van der Waals surface area contributed by atoms with Crippen LogP contribution < -0.4 is 10.1 Å². The number of carbonyl (C=O) groups excluding carboxylic acids is 3. The average molecular weight is 612 g/mol. The second-order valence-electron chi connectivity index (χ2n) is 11.8. The van der Waals surface area contributed by atoms with Crippen LogP contribution in [0.15, 0.2) is 54.6 Å². The number of ether oxygens (including phenoxy) is 2. The summed E-state index contributed by atoms with van der Waals surface area (Å²) < 4.78 is 14.1. The normalized spacial score (nSPS) is 19.7. The van der Waals surface area contributed by atoms with E-state index in [4.69, 9.17) is 9.47 Å². The minimum atomic E-state index is -0.475. The van der Waals surface area contributed by atoms with Gasteiger partial charge in [0, 0.05) is 37.9 Å². The van der Waals surface area contributed by atoms with Gasteiger partial charge in [0.1, 0.15) is 11.5 Å². The van der Waals surface area contributed by atoms with Crippen LogP contribution in [0.25, 0.3) is 5.78 Å². The number of benzene rings is 2. The highest BCUT2D eigenvalue weighted by molar-refractivity contribution is 5.85. The fourth-order valence-electron chi connectivity index (χ4n) is 5.83. The summed E-state index contributed by atoms with van der Waals surface area (Å²) >= 11 is 0. The first-order chi connectivity index (χ1) is 21.7. The largest absolute Gasteiger partial charge is 0.457 e. The van der Waals surface area contributed by atoms with Gasteiger partial charge in [-0.1, -0.05) is 24.3 Å². The monoisotopic (exact) mass is 611 g/mol. The van der Waals surface area contributed by atoms with Crippen LogP contribution in [0.3, 0.4) is 0 Å². The van der Waals surface area contributed by atoms with Gasteiger partial charge in [-0.3, -0.25) is 14.4 Å². The van der Waals surface area contributed by atoms with Gasteiger partial charge in [-0.2, -0.15) is 4.98 Å². The fourth-order valence-corrected chi connectivity index (χ4v) is 5.83. The van der Waals surface area contributed by atoms with Crippen LogP contribution in [0.2, 0.25) is 0 Å². The molecular formula is C33H37N7O5. The molecule has 0 saturated carbocycles. The fraction of sp³-hybridized carbons (Fsp3) is 0.394. The number of likely N-dealkylation sites (N-methyl/N-ethyl adjacent to an activating group) is 1. The molecule has 4 bridgehead atoms. The van der Waals surface area contributed by atoms with Crippen LogP contribution in [0, 0.1) is 13.8 Å². The SMILES string of the molecule is Cc1cc(C)n2nc(CC(=O)N3CC[C@H]4OCc5cccc(c5)Oc5cccc(c5)CCC(=O)N(C)CC(=O)N[C@H]4C3)nc2n1. The zero-order valence-electron chi connectivity index (χ0n) is 25.7. The number of piperidine rings is 1. The standard InChI is InChI=1S/C33H37N7O5/c1-21-14-22(2)40-33(34-21)36-29(37-40)17-32(43)39-13-12-28-27(18-39)35-30(41)19-38(3)31(42)11-10-23-6-4-8-25(15-23)45-26-9-5-7-24(16-26)20-44-28/h4-9,14-16,27-28H,10-13,17-20H2,1-3H3,(H,35,41)/t27-,28+/m0/s1. The van der Waals surface area contributed by atoms with Crippen LogP contribution in [-0.4, -0.2) is 85.9 Å². The molecule has 1 saturated heterocycles. The molecule has 0 spiro atoms. The van der Waals surface area contributed by atoms with Crippen molar-refractivity contribution in [2.24, 2.45) is 0 Å². The van der Waals surface area contributed by atoms with E-state index in [2.05, 4.69) is 20.4 Å². The highest BCUT2D eigenvalue weighted by Gasteiger charge is 2.34. The summed E-state index contributed by atoms with van der Waals surface area (Å²) in [6.45, 7) is 4.73. The molecule has 1 N–H and O–H groups in total. The molecule has 0 unspecified atom stereocenters. The summed E-state index contributed by atoms with van der Waals surface area (Å²) in [5.74, 6) is 1.62. The molecule has 6 rings (SSSR count). The van der Waals surface area contributed by atoms with Crippen LogP contribution >= 0.6 is 0 Å². The van der Waals surface area contributed by atoms with Gasteiger partial charge in [0.2, 0.25) is 17.7 Å². The lowest BCUT2D eigenvalue weighted by atomic mass is 10.0. The zero-order chi connectivity index (χ0) is 31.5. The van der Waals surface area contributed by atoms with Gasteiger partial charge < -0.3 is 24.6 Å². The number of rotatable bonds is 2. The molecule has 234 valence electrons. The number of aryl methyl sites for hydroxylation is 3. The zero-order valence-corrected chi connectivity index (χ0v) is 25.7. The molecule has 12 nitrogen and oxygen atoms in total. The maximum absolute atomic E-state index is 13.4. The van der Waals surface area contributed by atoms with Crippen molar-refractivity contribution in [2.75, 3.05) is 26.7 Å². The Labute approximate surface area is 261 Å². The van der Waals surface area contributed by atoms with Gasteiger partial charge in [-0.15, -0.1) is 5.10 Å². The number of carbonyl (C=O) groups is 3. The number of likely N-dealkylation sites (tertiary alicyclic amines) is 1. The van der Waals surface area contributed by atoms with Gasteiger partial charge in [0.15, 0.2) is 5.82 Å². The Balaban J connectivity index is 1.19. The van der Waals surface area contributed by atoms with E-state index in [9.17, 15) is 14.4 Å². The average Bonchev–Trinajstić information content (AvgIpc) is 3.41. The molecular weight excluding hydrogens is 574 g/mol. The molecule has 12 heteroatoms. The Morgan fingerprint density at radius 2 is 1.76 bits per heavy atom. The number of amides is 3. The van der Waals surface area contributed by atoms with Crippen molar-refractivity contribution in [3.63, 3.8) is 0 Å². The lowest BCUT2D eigenvalue weighted by molar-refractivity contribution is -0.138.